The fourth-order valence-corrected chi connectivity index (χ4v) is 3.23. The third-order valence-electron chi connectivity index (χ3n) is 3.85. The van der Waals surface area contributed by atoms with E-state index in [0.717, 1.165) is 17.7 Å². The Morgan fingerprint density at radius 3 is 3.07 bits per heavy atom. The van der Waals surface area contributed by atoms with Gasteiger partial charge < -0.3 is 4.74 Å². The standard InChI is InChI=1S/C11H17N3O/c1-2-15-11-7-12-13-14(11)10-6-8-3-4-9(10)5-8/h7-10H,2-6H2,1H3. The van der Waals surface area contributed by atoms with Crippen LogP contribution in [0, 0.1) is 11.8 Å². The van der Waals surface area contributed by atoms with Crippen LogP contribution in [0.15, 0.2) is 6.20 Å². The second kappa shape index (κ2) is 3.51. The summed E-state index contributed by atoms with van der Waals surface area (Å²) in [4.78, 5) is 0. The summed E-state index contributed by atoms with van der Waals surface area (Å²) < 4.78 is 7.54. The molecule has 3 rings (SSSR count). The predicted octanol–water partition coefficient (Wildman–Crippen LogP) is 2.04. The van der Waals surface area contributed by atoms with E-state index in [1.807, 2.05) is 11.6 Å². The predicted molar refractivity (Wildman–Crippen MR) is 55.7 cm³/mol. The van der Waals surface area contributed by atoms with E-state index in [1.165, 1.54) is 25.7 Å². The molecule has 0 saturated heterocycles. The number of ether oxygens (including phenoxy) is 1. The lowest BCUT2D eigenvalue weighted by Crippen LogP contribution is -2.18. The molecule has 0 aromatic carbocycles. The molecular formula is C11H17N3O. The molecule has 82 valence electrons. The Hall–Kier alpha value is -1.06. The zero-order valence-corrected chi connectivity index (χ0v) is 9.09. The Balaban J connectivity index is 1.83. The van der Waals surface area contributed by atoms with Gasteiger partial charge in [0.2, 0.25) is 5.88 Å². The minimum atomic E-state index is 0.549. The Kier molecular flexibility index (Phi) is 2.15. The molecule has 3 unspecified atom stereocenters. The van der Waals surface area contributed by atoms with Crippen molar-refractivity contribution in [2.75, 3.05) is 6.61 Å². The first-order chi connectivity index (χ1) is 7.38. The summed E-state index contributed by atoms with van der Waals surface area (Å²) in [7, 11) is 0. The Bertz CT molecular complexity index is 349. The second-order valence-corrected chi connectivity index (χ2v) is 4.69. The van der Waals surface area contributed by atoms with Gasteiger partial charge in [-0.05, 0) is 38.0 Å². The van der Waals surface area contributed by atoms with E-state index in [9.17, 15) is 0 Å². The number of aromatic nitrogens is 3. The van der Waals surface area contributed by atoms with Crippen molar-refractivity contribution in [3.8, 4) is 5.88 Å². The van der Waals surface area contributed by atoms with Crippen molar-refractivity contribution in [1.29, 1.82) is 0 Å². The van der Waals surface area contributed by atoms with Crippen molar-refractivity contribution in [2.45, 2.75) is 38.6 Å². The number of nitrogens with zero attached hydrogens (tertiary/aromatic N) is 3. The molecular weight excluding hydrogens is 190 g/mol. The molecule has 1 aromatic rings. The molecule has 15 heavy (non-hydrogen) atoms. The number of hydrogen-bond acceptors (Lipinski definition) is 3. The van der Waals surface area contributed by atoms with Crippen LogP contribution < -0.4 is 4.74 Å². The smallest absolute Gasteiger partial charge is 0.232 e. The van der Waals surface area contributed by atoms with Gasteiger partial charge in [0, 0.05) is 0 Å². The summed E-state index contributed by atoms with van der Waals surface area (Å²) in [5.74, 6) is 2.59. The van der Waals surface area contributed by atoms with Crippen molar-refractivity contribution in [1.82, 2.24) is 15.0 Å². The molecule has 0 N–H and O–H groups in total. The molecule has 4 heteroatoms. The first kappa shape index (κ1) is 9.19. The molecule has 1 aromatic heterocycles. The van der Waals surface area contributed by atoms with Crippen LogP contribution in [0.5, 0.6) is 5.88 Å². The Morgan fingerprint density at radius 1 is 1.47 bits per heavy atom. The summed E-state index contributed by atoms with van der Waals surface area (Å²) in [6, 6.07) is 0.549. The van der Waals surface area contributed by atoms with E-state index < -0.39 is 0 Å². The Labute approximate surface area is 89.6 Å². The molecule has 0 spiro atoms. The normalized spacial score (nSPS) is 33.5. The second-order valence-electron chi connectivity index (χ2n) is 4.69. The summed E-state index contributed by atoms with van der Waals surface area (Å²) in [5.41, 5.74) is 0. The highest BCUT2D eigenvalue weighted by Gasteiger charge is 2.41. The third kappa shape index (κ3) is 1.43. The molecule has 2 fully saturated rings. The fraction of sp³-hybridized carbons (Fsp3) is 0.818. The van der Waals surface area contributed by atoms with Crippen LogP contribution in [0.3, 0.4) is 0 Å². The van der Waals surface area contributed by atoms with Crippen molar-refractivity contribution in [2.24, 2.45) is 11.8 Å². The first-order valence-corrected chi connectivity index (χ1v) is 5.91. The average Bonchev–Trinajstić information content (AvgIpc) is 2.91. The highest BCUT2D eigenvalue weighted by Crippen LogP contribution is 2.51. The lowest BCUT2D eigenvalue weighted by atomic mass is 9.95. The van der Waals surface area contributed by atoms with Gasteiger partial charge in [-0.1, -0.05) is 11.6 Å². The molecule has 2 saturated carbocycles. The van der Waals surface area contributed by atoms with Crippen molar-refractivity contribution in [3.05, 3.63) is 6.20 Å². The molecule has 2 aliphatic rings. The maximum absolute atomic E-state index is 5.54. The van der Waals surface area contributed by atoms with Gasteiger partial charge in [0.15, 0.2) is 0 Å². The zero-order valence-electron chi connectivity index (χ0n) is 9.09. The summed E-state index contributed by atoms with van der Waals surface area (Å²) in [6.07, 6.45) is 7.17. The zero-order chi connectivity index (χ0) is 10.3. The summed E-state index contributed by atoms with van der Waals surface area (Å²) in [5, 5.41) is 8.13. The van der Waals surface area contributed by atoms with E-state index in [4.69, 9.17) is 4.74 Å². The maximum Gasteiger partial charge on any atom is 0.232 e. The van der Waals surface area contributed by atoms with E-state index in [0.29, 0.717) is 12.6 Å². The number of hydrogen-bond donors (Lipinski definition) is 0. The first-order valence-electron chi connectivity index (χ1n) is 5.91. The van der Waals surface area contributed by atoms with Crippen LogP contribution in [0.4, 0.5) is 0 Å². The summed E-state index contributed by atoms with van der Waals surface area (Å²) >= 11 is 0. The van der Waals surface area contributed by atoms with Crippen LogP contribution in [-0.4, -0.2) is 21.6 Å². The average molecular weight is 207 g/mol. The van der Waals surface area contributed by atoms with Gasteiger partial charge in [-0.25, -0.2) is 4.68 Å². The van der Waals surface area contributed by atoms with Crippen molar-refractivity contribution < 1.29 is 4.74 Å². The van der Waals surface area contributed by atoms with Gasteiger partial charge >= 0.3 is 0 Å². The topological polar surface area (TPSA) is 39.9 Å². The van der Waals surface area contributed by atoms with Crippen LogP contribution in [-0.2, 0) is 0 Å². The van der Waals surface area contributed by atoms with Gasteiger partial charge in [0.25, 0.3) is 0 Å². The number of fused-ring (bicyclic) bond motifs is 2. The Morgan fingerprint density at radius 2 is 2.40 bits per heavy atom. The fourth-order valence-electron chi connectivity index (χ4n) is 3.23. The van der Waals surface area contributed by atoms with Crippen LogP contribution in [0.1, 0.15) is 38.6 Å². The van der Waals surface area contributed by atoms with Crippen LogP contribution in [0.2, 0.25) is 0 Å². The van der Waals surface area contributed by atoms with Crippen LogP contribution >= 0.6 is 0 Å². The van der Waals surface area contributed by atoms with Gasteiger partial charge in [-0.2, -0.15) is 0 Å². The third-order valence-corrected chi connectivity index (χ3v) is 3.85. The lowest BCUT2D eigenvalue weighted by molar-refractivity contribution is 0.243. The van der Waals surface area contributed by atoms with E-state index in [1.54, 1.807) is 6.20 Å². The van der Waals surface area contributed by atoms with Crippen molar-refractivity contribution in [3.63, 3.8) is 0 Å². The molecule has 1 heterocycles. The lowest BCUT2D eigenvalue weighted by Gasteiger charge is -2.22. The van der Waals surface area contributed by atoms with E-state index in [-0.39, 0.29) is 0 Å². The molecule has 3 atom stereocenters. The maximum atomic E-state index is 5.54. The molecule has 2 aliphatic carbocycles. The monoisotopic (exact) mass is 207 g/mol. The summed E-state index contributed by atoms with van der Waals surface area (Å²) in [6.45, 7) is 2.69. The minimum Gasteiger partial charge on any atom is -0.477 e. The molecule has 4 nitrogen and oxygen atoms in total. The van der Waals surface area contributed by atoms with E-state index >= 15 is 0 Å². The van der Waals surface area contributed by atoms with Crippen LogP contribution in [0.25, 0.3) is 0 Å². The molecule has 0 radical (unpaired) electrons. The molecule has 0 aliphatic heterocycles. The SMILES string of the molecule is CCOc1cnnn1C1CC2CCC1C2. The molecule has 0 amide bonds. The minimum absolute atomic E-state index is 0.549. The van der Waals surface area contributed by atoms with Crippen molar-refractivity contribution >= 4 is 0 Å². The highest BCUT2D eigenvalue weighted by atomic mass is 16.5. The quantitative estimate of drug-likeness (QED) is 0.761. The molecule has 2 bridgehead atoms. The van der Waals surface area contributed by atoms with Gasteiger partial charge in [-0.15, -0.1) is 5.10 Å². The van der Waals surface area contributed by atoms with E-state index in [2.05, 4.69) is 10.3 Å². The van der Waals surface area contributed by atoms with Gasteiger partial charge in [0.05, 0.1) is 12.6 Å². The number of rotatable bonds is 3. The van der Waals surface area contributed by atoms with Gasteiger partial charge in [0.1, 0.15) is 6.20 Å². The van der Waals surface area contributed by atoms with Gasteiger partial charge in [-0.3, -0.25) is 0 Å². The largest absolute Gasteiger partial charge is 0.477 e. The highest BCUT2D eigenvalue weighted by molar-refractivity contribution is 5.06.